The number of benzene rings is 1. The second-order valence-electron chi connectivity index (χ2n) is 7.32. The fourth-order valence-electron chi connectivity index (χ4n) is 3.91. The molecule has 3 heterocycles. The second-order valence-corrected chi connectivity index (χ2v) is 8.26. The summed E-state index contributed by atoms with van der Waals surface area (Å²) in [5.74, 6) is 1.26. The van der Waals surface area contributed by atoms with Crippen LogP contribution in [0.1, 0.15) is 36.6 Å². The van der Waals surface area contributed by atoms with Crippen molar-refractivity contribution >= 4 is 29.2 Å². The molecule has 1 atom stereocenters. The second kappa shape index (κ2) is 7.95. The Morgan fingerprint density at radius 2 is 2.03 bits per heavy atom. The third-order valence-corrected chi connectivity index (χ3v) is 6.21. The van der Waals surface area contributed by atoms with Crippen LogP contribution in [0.2, 0.25) is 0 Å². The zero-order valence-corrected chi connectivity index (χ0v) is 17.2. The van der Waals surface area contributed by atoms with Crippen LogP contribution in [0, 0.1) is 10.1 Å². The number of anilines is 1. The summed E-state index contributed by atoms with van der Waals surface area (Å²) in [4.78, 5) is 32.4. The number of aromatic nitrogens is 4. The molecule has 9 nitrogen and oxygen atoms in total. The number of nitrogens with one attached hydrogen (secondary N) is 1. The number of Topliss-reactive ketones (excluding diaryl/α,β-unsaturated/α-hetero) is 1. The zero-order valence-electron chi connectivity index (χ0n) is 16.4. The number of ketones is 1. The van der Waals surface area contributed by atoms with E-state index < -0.39 is 11.0 Å². The van der Waals surface area contributed by atoms with E-state index in [0.29, 0.717) is 28.9 Å². The summed E-state index contributed by atoms with van der Waals surface area (Å²) < 4.78 is 1.71. The molecule has 3 aromatic rings. The molecular formula is C21H18N6O3S. The number of nitrogens with zero attached hydrogens (tertiary/aromatic N) is 5. The zero-order chi connectivity index (χ0) is 21.4. The van der Waals surface area contributed by atoms with Crippen LogP contribution < -0.4 is 5.32 Å². The average molecular weight is 434 g/mol. The van der Waals surface area contributed by atoms with E-state index in [1.807, 2.05) is 18.2 Å². The summed E-state index contributed by atoms with van der Waals surface area (Å²) >= 11 is 1.47. The van der Waals surface area contributed by atoms with E-state index in [1.165, 1.54) is 23.9 Å². The lowest BCUT2D eigenvalue weighted by atomic mass is 9.85. The van der Waals surface area contributed by atoms with Gasteiger partial charge in [0.25, 0.3) is 5.69 Å². The third-order valence-electron chi connectivity index (χ3n) is 5.34. The summed E-state index contributed by atoms with van der Waals surface area (Å²) in [6, 6.07) is 11.6. The molecule has 0 radical (unpaired) electrons. The topological polar surface area (TPSA) is 116 Å². The maximum absolute atomic E-state index is 12.8. The average Bonchev–Trinajstić information content (AvgIpc) is 3.20. The van der Waals surface area contributed by atoms with Gasteiger partial charge in [-0.1, -0.05) is 17.8 Å². The minimum Gasteiger partial charge on any atom is -0.328 e. The van der Waals surface area contributed by atoms with Crippen molar-refractivity contribution in [1.82, 2.24) is 19.7 Å². The molecule has 2 aliphatic rings. The van der Waals surface area contributed by atoms with Crippen LogP contribution in [0.4, 0.5) is 11.6 Å². The number of fused-ring (bicyclic) bond motifs is 1. The monoisotopic (exact) mass is 434 g/mol. The van der Waals surface area contributed by atoms with Crippen LogP contribution in [-0.2, 0) is 10.5 Å². The standard InChI is InChI=1S/C21H18N6O3S/c28-17-6-3-5-16-18(17)19(13-7-9-15(10-8-13)27(29)30)26-20(23-16)24-21(25-26)31-12-14-4-1-2-11-22-14/h1-2,4,7-11,19H,3,5-6,12H2,(H,23,24,25)/t19-/m0/s1. The molecule has 0 saturated carbocycles. The van der Waals surface area contributed by atoms with Crippen LogP contribution in [0.25, 0.3) is 0 Å². The number of hydrogen-bond donors (Lipinski definition) is 1. The van der Waals surface area contributed by atoms with Crippen molar-refractivity contribution in [2.45, 2.75) is 36.2 Å². The Bertz CT molecular complexity index is 1190. The lowest BCUT2D eigenvalue weighted by Crippen LogP contribution is -2.31. The van der Waals surface area contributed by atoms with Gasteiger partial charge in [0, 0.05) is 41.8 Å². The number of rotatable bonds is 5. The lowest BCUT2D eigenvalue weighted by molar-refractivity contribution is -0.384. The molecule has 1 aliphatic heterocycles. The van der Waals surface area contributed by atoms with Crippen molar-refractivity contribution in [1.29, 1.82) is 0 Å². The molecule has 5 rings (SSSR count). The molecule has 1 aliphatic carbocycles. The molecule has 0 bridgehead atoms. The molecule has 2 aromatic heterocycles. The van der Waals surface area contributed by atoms with Gasteiger partial charge in [-0.2, -0.15) is 4.98 Å². The van der Waals surface area contributed by atoms with Crippen molar-refractivity contribution < 1.29 is 9.72 Å². The number of thioether (sulfide) groups is 1. The Kier molecular flexibility index (Phi) is 4.99. The van der Waals surface area contributed by atoms with Crippen molar-refractivity contribution in [3.05, 3.63) is 81.3 Å². The highest BCUT2D eigenvalue weighted by atomic mass is 32.2. The van der Waals surface area contributed by atoms with Gasteiger partial charge in [-0.05, 0) is 42.7 Å². The number of hydrogen-bond acceptors (Lipinski definition) is 8. The first kappa shape index (κ1) is 19.4. The predicted octanol–water partition coefficient (Wildman–Crippen LogP) is 3.90. The number of nitro groups is 1. The Labute approximate surface area is 181 Å². The molecule has 0 fully saturated rings. The van der Waals surface area contributed by atoms with Crippen LogP contribution in [-0.4, -0.2) is 30.5 Å². The van der Waals surface area contributed by atoms with E-state index in [4.69, 9.17) is 0 Å². The SMILES string of the molecule is O=C1CCCC2=C1[C@H](c1ccc([N+](=O)[O-])cc1)n1nc(SCc3ccccn3)nc1N2. The van der Waals surface area contributed by atoms with Crippen LogP contribution in [0.3, 0.4) is 0 Å². The number of allylic oxidation sites excluding steroid dienone is 2. The van der Waals surface area contributed by atoms with E-state index in [2.05, 4.69) is 20.4 Å². The summed E-state index contributed by atoms with van der Waals surface area (Å²) in [6.07, 6.45) is 3.77. The molecule has 0 unspecified atom stereocenters. The van der Waals surface area contributed by atoms with E-state index in [1.54, 1.807) is 23.0 Å². The fraction of sp³-hybridized carbons (Fsp3) is 0.238. The molecule has 10 heteroatoms. The van der Waals surface area contributed by atoms with Crippen LogP contribution in [0.5, 0.6) is 0 Å². The first-order valence-electron chi connectivity index (χ1n) is 9.87. The minimum atomic E-state index is -0.462. The summed E-state index contributed by atoms with van der Waals surface area (Å²) in [7, 11) is 0. The quantitative estimate of drug-likeness (QED) is 0.365. The Hall–Kier alpha value is -3.53. The Morgan fingerprint density at radius 1 is 1.19 bits per heavy atom. The Balaban J connectivity index is 1.51. The molecular weight excluding hydrogens is 416 g/mol. The minimum absolute atomic E-state index is 0.00674. The molecule has 1 N–H and O–H groups in total. The van der Waals surface area contributed by atoms with Gasteiger partial charge in [-0.15, -0.1) is 5.10 Å². The third kappa shape index (κ3) is 3.70. The number of non-ortho nitro benzene ring substituents is 1. The van der Waals surface area contributed by atoms with E-state index in [9.17, 15) is 14.9 Å². The highest BCUT2D eigenvalue weighted by molar-refractivity contribution is 7.98. The number of nitro benzene ring substituents is 1. The van der Waals surface area contributed by atoms with Gasteiger partial charge < -0.3 is 5.32 Å². The van der Waals surface area contributed by atoms with E-state index in [-0.39, 0.29) is 11.5 Å². The van der Waals surface area contributed by atoms with Crippen LogP contribution >= 0.6 is 11.8 Å². The highest BCUT2D eigenvalue weighted by Gasteiger charge is 2.37. The van der Waals surface area contributed by atoms with E-state index >= 15 is 0 Å². The molecule has 1 aromatic carbocycles. The molecule has 0 spiro atoms. The number of carbonyl (C=O) groups is 1. The normalized spacial score (nSPS) is 17.7. The van der Waals surface area contributed by atoms with Gasteiger partial charge in [-0.3, -0.25) is 19.9 Å². The molecule has 156 valence electrons. The Morgan fingerprint density at radius 3 is 2.77 bits per heavy atom. The summed E-state index contributed by atoms with van der Waals surface area (Å²) in [6.45, 7) is 0. The first-order valence-corrected chi connectivity index (χ1v) is 10.9. The van der Waals surface area contributed by atoms with Gasteiger partial charge >= 0.3 is 0 Å². The molecule has 0 amide bonds. The van der Waals surface area contributed by atoms with Crippen LogP contribution in [0.15, 0.2) is 65.1 Å². The largest absolute Gasteiger partial charge is 0.328 e. The smallest absolute Gasteiger partial charge is 0.269 e. The van der Waals surface area contributed by atoms with Gasteiger partial charge in [0.2, 0.25) is 11.1 Å². The fourth-order valence-corrected chi connectivity index (χ4v) is 4.65. The van der Waals surface area contributed by atoms with Crippen molar-refractivity contribution in [3.63, 3.8) is 0 Å². The molecule has 0 saturated heterocycles. The van der Waals surface area contributed by atoms with Gasteiger partial charge in [0.05, 0.1) is 10.6 Å². The number of pyridine rings is 1. The summed E-state index contributed by atoms with van der Waals surface area (Å²) in [5, 5.41) is 19.6. The number of carbonyl (C=O) groups excluding carboxylic acids is 1. The van der Waals surface area contributed by atoms with Gasteiger partial charge in [0.1, 0.15) is 6.04 Å². The first-order chi connectivity index (χ1) is 15.1. The molecule has 31 heavy (non-hydrogen) atoms. The highest BCUT2D eigenvalue weighted by Crippen LogP contribution is 2.41. The maximum atomic E-state index is 12.8. The van der Waals surface area contributed by atoms with Gasteiger partial charge in [0.15, 0.2) is 5.78 Å². The lowest BCUT2D eigenvalue weighted by Gasteiger charge is -2.32. The van der Waals surface area contributed by atoms with Gasteiger partial charge in [-0.25, -0.2) is 4.68 Å². The van der Waals surface area contributed by atoms with Crippen molar-refractivity contribution in [2.75, 3.05) is 5.32 Å². The van der Waals surface area contributed by atoms with Crippen molar-refractivity contribution in [3.8, 4) is 0 Å². The van der Waals surface area contributed by atoms with Crippen molar-refractivity contribution in [2.24, 2.45) is 0 Å². The van der Waals surface area contributed by atoms with E-state index in [0.717, 1.165) is 29.8 Å². The predicted molar refractivity (Wildman–Crippen MR) is 115 cm³/mol. The maximum Gasteiger partial charge on any atom is 0.269 e. The summed E-state index contributed by atoms with van der Waals surface area (Å²) in [5.41, 5.74) is 3.22.